The molecule has 0 aromatic heterocycles. The summed E-state index contributed by atoms with van der Waals surface area (Å²) >= 11 is 5.93. The van der Waals surface area contributed by atoms with E-state index in [-0.39, 0.29) is 18.5 Å². The first kappa shape index (κ1) is 19.3. The minimum absolute atomic E-state index is 0. The van der Waals surface area contributed by atoms with Crippen LogP contribution in [0.5, 0.6) is 0 Å². The van der Waals surface area contributed by atoms with Crippen molar-refractivity contribution in [2.45, 2.75) is 31.8 Å². The highest BCUT2D eigenvalue weighted by atomic mass is 35.5. The molecule has 2 aromatic carbocycles. The van der Waals surface area contributed by atoms with Gasteiger partial charge in [-0.15, -0.1) is 12.4 Å². The molecule has 2 nitrogen and oxygen atoms in total. The molecular formula is C20H25Cl2NO. The molecule has 130 valence electrons. The van der Waals surface area contributed by atoms with E-state index in [0.29, 0.717) is 0 Å². The molecule has 3 rings (SSSR count). The molecule has 0 aliphatic carbocycles. The molecule has 1 unspecified atom stereocenters. The standard InChI is InChI=1S/C20H24ClNO.ClH/c21-19-10-8-17(9-11-19)16-4-6-18(7-5-16)20(23)12-15-22-13-2-1-3-14-22;/h4-11,20,23H,1-3,12-15H2;1H. The number of aliphatic hydroxyl groups excluding tert-OH is 1. The molecule has 24 heavy (non-hydrogen) atoms. The Bertz CT molecular complexity index is 607. The van der Waals surface area contributed by atoms with Gasteiger partial charge >= 0.3 is 0 Å². The van der Waals surface area contributed by atoms with Gasteiger partial charge in [0.2, 0.25) is 0 Å². The Labute approximate surface area is 155 Å². The maximum atomic E-state index is 10.4. The normalized spacial score (nSPS) is 16.4. The molecule has 4 heteroatoms. The van der Waals surface area contributed by atoms with Crippen LogP contribution in [0.2, 0.25) is 5.02 Å². The zero-order valence-corrected chi connectivity index (χ0v) is 15.4. The summed E-state index contributed by atoms with van der Waals surface area (Å²) in [4.78, 5) is 2.47. The van der Waals surface area contributed by atoms with E-state index >= 15 is 0 Å². The van der Waals surface area contributed by atoms with Crippen LogP contribution in [0, 0.1) is 0 Å². The van der Waals surface area contributed by atoms with Crippen molar-refractivity contribution in [2.75, 3.05) is 19.6 Å². The molecule has 1 fully saturated rings. The Morgan fingerprint density at radius 1 is 0.875 bits per heavy atom. The monoisotopic (exact) mass is 365 g/mol. The first-order valence-corrected chi connectivity index (χ1v) is 8.86. The molecule has 0 radical (unpaired) electrons. The summed E-state index contributed by atoms with van der Waals surface area (Å²) in [5.41, 5.74) is 3.29. The van der Waals surface area contributed by atoms with Crippen molar-refractivity contribution < 1.29 is 5.11 Å². The predicted molar refractivity (Wildman–Crippen MR) is 104 cm³/mol. The van der Waals surface area contributed by atoms with E-state index in [2.05, 4.69) is 17.0 Å². The quantitative estimate of drug-likeness (QED) is 0.772. The lowest BCUT2D eigenvalue weighted by Crippen LogP contribution is -2.31. The smallest absolute Gasteiger partial charge is 0.0802 e. The van der Waals surface area contributed by atoms with E-state index in [9.17, 15) is 5.11 Å². The second-order valence-electron chi connectivity index (χ2n) is 6.34. The lowest BCUT2D eigenvalue weighted by atomic mass is 10.0. The molecule has 1 N–H and O–H groups in total. The Kier molecular flexibility index (Phi) is 7.57. The topological polar surface area (TPSA) is 23.5 Å². The molecule has 0 saturated carbocycles. The zero-order valence-electron chi connectivity index (χ0n) is 13.8. The van der Waals surface area contributed by atoms with E-state index in [1.807, 2.05) is 36.4 Å². The summed E-state index contributed by atoms with van der Waals surface area (Å²) < 4.78 is 0. The molecule has 0 bridgehead atoms. The number of likely N-dealkylation sites (tertiary alicyclic amines) is 1. The minimum atomic E-state index is -0.379. The van der Waals surface area contributed by atoms with Crippen molar-refractivity contribution in [1.82, 2.24) is 4.90 Å². The predicted octanol–water partition coefficient (Wildman–Crippen LogP) is 5.34. The summed E-state index contributed by atoms with van der Waals surface area (Å²) in [6.07, 6.45) is 4.37. The number of nitrogens with zero attached hydrogens (tertiary/aromatic N) is 1. The first-order chi connectivity index (χ1) is 11.2. The lowest BCUT2D eigenvalue weighted by molar-refractivity contribution is 0.134. The van der Waals surface area contributed by atoms with Crippen molar-refractivity contribution in [3.63, 3.8) is 0 Å². The van der Waals surface area contributed by atoms with E-state index in [4.69, 9.17) is 11.6 Å². The lowest BCUT2D eigenvalue weighted by Gasteiger charge is -2.27. The van der Waals surface area contributed by atoms with Crippen molar-refractivity contribution in [1.29, 1.82) is 0 Å². The summed E-state index contributed by atoms with van der Waals surface area (Å²) in [5.74, 6) is 0. The third kappa shape index (κ3) is 5.22. The van der Waals surface area contributed by atoms with Gasteiger partial charge in [-0.3, -0.25) is 0 Å². The van der Waals surface area contributed by atoms with Crippen molar-refractivity contribution in [2.24, 2.45) is 0 Å². The van der Waals surface area contributed by atoms with E-state index < -0.39 is 0 Å². The van der Waals surface area contributed by atoms with Gasteiger partial charge < -0.3 is 10.0 Å². The van der Waals surface area contributed by atoms with Crippen LogP contribution in [-0.4, -0.2) is 29.6 Å². The van der Waals surface area contributed by atoms with Crippen LogP contribution >= 0.6 is 24.0 Å². The van der Waals surface area contributed by atoms with Crippen molar-refractivity contribution >= 4 is 24.0 Å². The van der Waals surface area contributed by atoms with Crippen LogP contribution in [0.15, 0.2) is 48.5 Å². The number of rotatable bonds is 5. The van der Waals surface area contributed by atoms with E-state index in [1.165, 1.54) is 32.4 Å². The number of hydrogen-bond donors (Lipinski definition) is 1. The van der Waals surface area contributed by atoms with Crippen molar-refractivity contribution in [3.8, 4) is 11.1 Å². The largest absolute Gasteiger partial charge is 0.388 e. The highest BCUT2D eigenvalue weighted by Crippen LogP contribution is 2.25. The summed E-state index contributed by atoms with van der Waals surface area (Å²) in [6.45, 7) is 3.35. The fourth-order valence-electron chi connectivity index (χ4n) is 3.19. The molecule has 1 atom stereocenters. The van der Waals surface area contributed by atoms with E-state index in [0.717, 1.165) is 34.7 Å². The van der Waals surface area contributed by atoms with Gasteiger partial charge in [0.15, 0.2) is 0 Å². The van der Waals surface area contributed by atoms with Crippen LogP contribution in [0.3, 0.4) is 0 Å². The Balaban J connectivity index is 0.00000208. The molecule has 0 spiro atoms. The number of aliphatic hydroxyl groups is 1. The Morgan fingerprint density at radius 2 is 1.42 bits per heavy atom. The molecule has 1 heterocycles. The highest BCUT2D eigenvalue weighted by Gasteiger charge is 2.13. The van der Waals surface area contributed by atoms with Gasteiger partial charge in [0.05, 0.1) is 6.10 Å². The second kappa shape index (κ2) is 9.43. The SMILES string of the molecule is Cl.OC(CCN1CCCCC1)c1ccc(-c2ccc(Cl)cc2)cc1. The number of hydrogen-bond acceptors (Lipinski definition) is 2. The minimum Gasteiger partial charge on any atom is -0.388 e. The third-order valence-corrected chi connectivity index (χ3v) is 4.89. The maximum absolute atomic E-state index is 10.4. The van der Waals surface area contributed by atoms with Crippen LogP contribution in [0.1, 0.15) is 37.4 Å². The maximum Gasteiger partial charge on any atom is 0.0802 e. The molecule has 2 aromatic rings. The van der Waals surface area contributed by atoms with Gasteiger partial charge in [-0.1, -0.05) is 54.4 Å². The van der Waals surface area contributed by atoms with Crippen LogP contribution in [-0.2, 0) is 0 Å². The van der Waals surface area contributed by atoms with Crippen molar-refractivity contribution in [3.05, 3.63) is 59.1 Å². The third-order valence-electron chi connectivity index (χ3n) is 4.64. The Morgan fingerprint density at radius 3 is 2.00 bits per heavy atom. The zero-order chi connectivity index (χ0) is 16.1. The molecule has 1 aliphatic rings. The summed E-state index contributed by atoms with van der Waals surface area (Å²) in [7, 11) is 0. The fraction of sp³-hybridized carbons (Fsp3) is 0.400. The van der Waals surface area contributed by atoms with Gasteiger partial charge in [-0.05, 0) is 61.2 Å². The average molecular weight is 366 g/mol. The number of halogens is 2. The van der Waals surface area contributed by atoms with Crippen LogP contribution in [0.25, 0.3) is 11.1 Å². The van der Waals surface area contributed by atoms with Gasteiger partial charge in [0.25, 0.3) is 0 Å². The Hall–Kier alpha value is -1.06. The fourth-order valence-corrected chi connectivity index (χ4v) is 3.32. The van der Waals surface area contributed by atoms with Gasteiger partial charge in [0, 0.05) is 11.6 Å². The van der Waals surface area contributed by atoms with Crippen LogP contribution < -0.4 is 0 Å². The number of benzene rings is 2. The molecular weight excluding hydrogens is 341 g/mol. The highest BCUT2D eigenvalue weighted by molar-refractivity contribution is 6.30. The first-order valence-electron chi connectivity index (χ1n) is 8.49. The van der Waals surface area contributed by atoms with Gasteiger partial charge in [0.1, 0.15) is 0 Å². The summed E-state index contributed by atoms with van der Waals surface area (Å²) in [5, 5.41) is 11.2. The van der Waals surface area contributed by atoms with Gasteiger partial charge in [-0.2, -0.15) is 0 Å². The van der Waals surface area contributed by atoms with Crippen LogP contribution in [0.4, 0.5) is 0 Å². The molecule has 1 aliphatic heterocycles. The summed E-state index contributed by atoms with van der Waals surface area (Å²) in [6, 6.07) is 16.0. The van der Waals surface area contributed by atoms with Gasteiger partial charge in [-0.25, -0.2) is 0 Å². The molecule has 0 amide bonds. The average Bonchev–Trinajstić information content (AvgIpc) is 2.61. The van der Waals surface area contributed by atoms with E-state index in [1.54, 1.807) is 0 Å². The second-order valence-corrected chi connectivity index (χ2v) is 6.77. The number of piperidine rings is 1. The molecule has 1 saturated heterocycles.